The van der Waals surface area contributed by atoms with E-state index in [4.69, 9.17) is 27.4 Å². The smallest absolute Gasteiger partial charge is 0.233 e. The van der Waals surface area contributed by atoms with E-state index < -0.39 is 5.41 Å². The third-order valence-electron chi connectivity index (χ3n) is 3.21. The predicted octanol–water partition coefficient (Wildman–Crippen LogP) is 0.612. The average Bonchev–Trinajstić information content (AvgIpc) is 2.39. The molecule has 0 atom stereocenters. The molecule has 1 heterocycles. The number of nitrogens with one attached hydrogen (secondary N) is 1. The van der Waals surface area contributed by atoms with Crippen LogP contribution in [0.15, 0.2) is 0 Å². The molecule has 1 rings (SSSR count). The lowest BCUT2D eigenvalue weighted by atomic mass is 9.79. The SMILES string of the molecule is CCOCCCNC(=O)C1(C(N)=S)CCOCC1. The number of carbonyl (C=O) groups excluding carboxylic acids is 1. The van der Waals surface area contributed by atoms with Gasteiger partial charge in [0, 0.05) is 33.0 Å². The van der Waals surface area contributed by atoms with Gasteiger partial charge in [-0.1, -0.05) is 12.2 Å². The Morgan fingerprint density at radius 1 is 1.50 bits per heavy atom. The number of thiocarbonyl (C=S) groups is 1. The fraction of sp³-hybridized carbons (Fsp3) is 0.833. The average molecular weight is 274 g/mol. The molecular formula is C12H22N2O3S. The molecule has 1 saturated heterocycles. The second-order valence-electron chi connectivity index (χ2n) is 4.37. The zero-order valence-corrected chi connectivity index (χ0v) is 11.7. The number of amides is 1. The summed E-state index contributed by atoms with van der Waals surface area (Å²) in [5.74, 6) is -0.0743. The largest absolute Gasteiger partial charge is 0.392 e. The number of ether oxygens (including phenoxy) is 2. The van der Waals surface area contributed by atoms with E-state index in [1.807, 2.05) is 6.92 Å². The highest BCUT2D eigenvalue weighted by molar-refractivity contribution is 7.80. The molecule has 18 heavy (non-hydrogen) atoms. The summed E-state index contributed by atoms with van der Waals surface area (Å²) in [6.45, 7) is 4.95. The van der Waals surface area contributed by atoms with Gasteiger partial charge in [0.2, 0.25) is 5.91 Å². The molecule has 0 bridgehead atoms. The van der Waals surface area contributed by atoms with Crippen molar-refractivity contribution in [1.29, 1.82) is 0 Å². The molecule has 0 aromatic rings. The molecular weight excluding hydrogens is 252 g/mol. The van der Waals surface area contributed by atoms with Crippen LogP contribution in [-0.4, -0.2) is 43.9 Å². The molecule has 0 aromatic heterocycles. The first-order valence-electron chi connectivity index (χ1n) is 6.37. The van der Waals surface area contributed by atoms with E-state index >= 15 is 0 Å². The molecule has 0 aliphatic carbocycles. The van der Waals surface area contributed by atoms with E-state index in [-0.39, 0.29) is 10.9 Å². The predicted molar refractivity (Wildman–Crippen MR) is 73.4 cm³/mol. The Hall–Kier alpha value is -0.720. The lowest BCUT2D eigenvalue weighted by Crippen LogP contribution is -2.52. The van der Waals surface area contributed by atoms with Crippen molar-refractivity contribution in [2.45, 2.75) is 26.2 Å². The maximum Gasteiger partial charge on any atom is 0.233 e. The number of rotatable bonds is 7. The normalized spacial score (nSPS) is 18.3. The first kappa shape index (κ1) is 15.3. The number of carbonyl (C=O) groups is 1. The Balaban J connectivity index is 2.43. The molecule has 0 radical (unpaired) electrons. The quantitative estimate of drug-likeness (QED) is 0.526. The number of nitrogens with two attached hydrogens (primary N) is 1. The molecule has 1 aliphatic rings. The van der Waals surface area contributed by atoms with Crippen LogP contribution in [0, 0.1) is 5.41 Å². The topological polar surface area (TPSA) is 73.6 Å². The molecule has 0 saturated carbocycles. The Morgan fingerprint density at radius 2 is 2.17 bits per heavy atom. The molecule has 1 fully saturated rings. The van der Waals surface area contributed by atoms with Crippen molar-refractivity contribution in [3.05, 3.63) is 0 Å². The number of hydrogen-bond acceptors (Lipinski definition) is 4. The molecule has 0 aromatic carbocycles. The van der Waals surface area contributed by atoms with Gasteiger partial charge in [0.05, 0.1) is 4.99 Å². The van der Waals surface area contributed by atoms with Gasteiger partial charge in [-0.25, -0.2) is 0 Å². The van der Waals surface area contributed by atoms with E-state index in [1.165, 1.54) is 0 Å². The Morgan fingerprint density at radius 3 is 2.72 bits per heavy atom. The maximum atomic E-state index is 12.2. The monoisotopic (exact) mass is 274 g/mol. The fourth-order valence-electron chi connectivity index (χ4n) is 1.99. The second-order valence-corrected chi connectivity index (χ2v) is 4.80. The van der Waals surface area contributed by atoms with Crippen LogP contribution in [0.2, 0.25) is 0 Å². The van der Waals surface area contributed by atoms with Crippen molar-refractivity contribution < 1.29 is 14.3 Å². The molecule has 0 unspecified atom stereocenters. The Labute approximate surface area is 113 Å². The Bertz CT molecular complexity index is 291. The molecule has 0 spiro atoms. The zero-order chi connectivity index (χ0) is 13.4. The van der Waals surface area contributed by atoms with Crippen LogP contribution in [0.3, 0.4) is 0 Å². The molecule has 1 aliphatic heterocycles. The first-order valence-corrected chi connectivity index (χ1v) is 6.78. The van der Waals surface area contributed by atoms with Crippen LogP contribution < -0.4 is 11.1 Å². The molecule has 104 valence electrons. The minimum atomic E-state index is -0.723. The summed E-state index contributed by atoms with van der Waals surface area (Å²) in [4.78, 5) is 12.5. The zero-order valence-electron chi connectivity index (χ0n) is 10.9. The lowest BCUT2D eigenvalue weighted by molar-refractivity contribution is -0.131. The number of hydrogen-bond donors (Lipinski definition) is 2. The van der Waals surface area contributed by atoms with Crippen molar-refractivity contribution in [2.75, 3.05) is 33.0 Å². The highest BCUT2D eigenvalue weighted by Gasteiger charge is 2.42. The summed E-state index contributed by atoms with van der Waals surface area (Å²) in [7, 11) is 0. The van der Waals surface area contributed by atoms with Crippen LogP contribution in [0.5, 0.6) is 0 Å². The van der Waals surface area contributed by atoms with Gasteiger partial charge < -0.3 is 20.5 Å². The summed E-state index contributed by atoms with van der Waals surface area (Å²) in [5.41, 5.74) is 5.02. The van der Waals surface area contributed by atoms with E-state index in [9.17, 15) is 4.79 Å². The molecule has 5 nitrogen and oxygen atoms in total. The summed E-state index contributed by atoms with van der Waals surface area (Å²) in [6, 6.07) is 0. The Kier molecular flexibility index (Phi) is 6.52. The van der Waals surface area contributed by atoms with Gasteiger partial charge in [-0.3, -0.25) is 4.79 Å². The van der Waals surface area contributed by atoms with Crippen molar-refractivity contribution in [1.82, 2.24) is 5.32 Å². The summed E-state index contributed by atoms with van der Waals surface area (Å²) >= 11 is 5.06. The van der Waals surface area contributed by atoms with Crippen molar-refractivity contribution in [3.63, 3.8) is 0 Å². The fourth-order valence-corrected chi connectivity index (χ4v) is 2.29. The molecule has 3 N–H and O–H groups in total. The summed E-state index contributed by atoms with van der Waals surface area (Å²) in [5, 5.41) is 2.89. The highest BCUT2D eigenvalue weighted by Crippen LogP contribution is 2.31. The first-order chi connectivity index (χ1) is 8.63. The van der Waals surface area contributed by atoms with Gasteiger partial charge in [-0.2, -0.15) is 0 Å². The minimum Gasteiger partial charge on any atom is -0.392 e. The van der Waals surface area contributed by atoms with E-state index in [0.29, 0.717) is 45.8 Å². The third-order valence-corrected chi connectivity index (χ3v) is 3.60. The van der Waals surface area contributed by atoms with Crippen LogP contribution >= 0.6 is 12.2 Å². The van der Waals surface area contributed by atoms with Crippen molar-refractivity contribution in [3.8, 4) is 0 Å². The second kappa shape index (κ2) is 7.66. The highest BCUT2D eigenvalue weighted by atomic mass is 32.1. The van der Waals surface area contributed by atoms with E-state index in [1.54, 1.807) is 0 Å². The van der Waals surface area contributed by atoms with Gasteiger partial charge in [0.15, 0.2) is 0 Å². The summed E-state index contributed by atoms with van der Waals surface area (Å²) < 4.78 is 10.5. The third kappa shape index (κ3) is 3.90. The van der Waals surface area contributed by atoms with Crippen LogP contribution in [-0.2, 0) is 14.3 Å². The molecule has 6 heteroatoms. The van der Waals surface area contributed by atoms with Gasteiger partial charge in [-0.05, 0) is 26.2 Å². The van der Waals surface area contributed by atoms with Gasteiger partial charge in [0.25, 0.3) is 0 Å². The standard InChI is InChI=1S/C12H22N2O3S/c1-2-16-7-3-6-14-11(15)12(10(13)18)4-8-17-9-5-12/h2-9H2,1H3,(H2,13,18)(H,14,15). The van der Waals surface area contributed by atoms with E-state index in [2.05, 4.69) is 5.32 Å². The van der Waals surface area contributed by atoms with Crippen LogP contribution in [0.25, 0.3) is 0 Å². The molecule has 1 amide bonds. The van der Waals surface area contributed by atoms with Crippen molar-refractivity contribution in [2.24, 2.45) is 11.1 Å². The minimum absolute atomic E-state index is 0.0743. The van der Waals surface area contributed by atoms with Gasteiger partial charge in [-0.15, -0.1) is 0 Å². The maximum absolute atomic E-state index is 12.2. The lowest BCUT2D eigenvalue weighted by Gasteiger charge is -2.34. The van der Waals surface area contributed by atoms with Crippen molar-refractivity contribution >= 4 is 23.1 Å². The van der Waals surface area contributed by atoms with Gasteiger partial charge in [0.1, 0.15) is 5.41 Å². The van der Waals surface area contributed by atoms with E-state index in [0.717, 1.165) is 6.42 Å². The summed E-state index contributed by atoms with van der Waals surface area (Å²) in [6.07, 6.45) is 1.93. The van der Waals surface area contributed by atoms with Crippen LogP contribution in [0.4, 0.5) is 0 Å². The van der Waals surface area contributed by atoms with Gasteiger partial charge >= 0.3 is 0 Å². The van der Waals surface area contributed by atoms with Crippen LogP contribution in [0.1, 0.15) is 26.2 Å².